The number of pyridine rings is 1. The first-order valence-corrected chi connectivity index (χ1v) is 12.5. The fourth-order valence-electron chi connectivity index (χ4n) is 3.57. The molecule has 3 rings (SSSR count). The average molecular weight is 490 g/mol. The monoisotopic (exact) mass is 489 g/mol. The van der Waals surface area contributed by atoms with Gasteiger partial charge in [0.15, 0.2) is 9.92 Å². The van der Waals surface area contributed by atoms with Crippen LogP contribution in [-0.4, -0.2) is 50.9 Å². The Morgan fingerprint density at radius 3 is 2.53 bits per heavy atom. The summed E-state index contributed by atoms with van der Waals surface area (Å²) < 4.78 is 36.3. The number of hydrogen-bond acceptors (Lipinski definition) is 7. The van der Waals surface area contributed by atoms with E-state index in [1.54, 1.807) is 39.8 Å². The maximum Gasteiger partial charge on any atom is 0.443 e. The molecule has 184 valence electrons. The zero-order valence-electron chi connectivity index (χ0n) is 20.1. The summed E-state index contributed by atoms with van der Waals surface area (Å²) in [5, 5.41) is 0. The van der Waals surface area contributed by atoms with E-state index in [0.717, 1.165) is 5.56 Å². The molecule has 1 aliphatic rings. The molecule has 1 fully saturated rings. The molecule has 1 aromatic heterocycles. The van der Waals surface area contributed by atoms with Gasteiger partial charge in [0.25, 0.3) is 0 Å². The van der Waals surface area contributed by atoms with Crippen LogP contribution in [0.2, 0.25) is 0 Å². The maximum atomic E-state index is 14.6. The molecule has 1 aliphatic heterocycles. The number of nitrogens with zero attached hydrogens (tertiary/aromatic N) is 3. The molecule has 1 aromatic carbocycles. The standard InChI is InChI=1S/C24H31N3O6S/c1-17-13-14-20(21(25-17)32-16-18-10-7-6-8-11-18)34(30,26-23(29)33-24(2,3)4)27-15-9-12-19(27)22(28)31-5/h6-8,10-11,13-14,19H,9,12,15-16H2,1-5H3/t19-,34+/m0/s1. The minimum atomic E-state index is -3.68. The number of esters is 1. The van der Waals surface area contributed by atoms with E-state index in [4.69, 9.17) is 14.2 Å². The third-order valence-corrected chi connectivity index (χ3v) is 7.41. The second-order valence-corrected chi connectivity index (χ2v) is 11.0. The van der Waals surface area contributed by atoms with Crippen molar-refractivity contribution in [3.8, 4) is 5.88 Å². The third kappa shape index (κ3) is 6.12. The third-order valence-electron chi connectivity index (χ3n) is 5.06. The van der Waals surface area contributed by atoms with Crippen LogP contribution in [0.25, 0.3) is 0 Å². The smallest absolute Gasteiger partial charge is 0.443 e. The van der Waals surface area contributed by atoms with Crippen LogP contribution in [0, 0.1) is 6.92 Å². The molecule has 2 atom stereocenters. The predicted molar refractivity (Wildman–Crippen MR) is 127 cm³/mol. The molecule has 1 saturated heterocycles. The number of carbonyl (C=O) groups is 2. The van der Waals surface area contributed by atoms with E-state index in [9.17, 15) is 13.8 Å². The number of aromatic nitrogens is 1. The quantitative estimate of drug-likeness (QED) is 0.557. The molecule has 10 heteroatoms. The molecule has 0 unspecified atom stereocenters. The summed E-state index contributed by atoms with van der Waals surface area (Å²) in [5.41, 5.74) is 0.684. The van der Waals surface area contributed by atoms with Gasteiger partial charge < -0.3 is 14.2 Å². The van der Waals surface area contributed by atoms with E-state index in [0.29, 0.717) is 18.5 Å². The lowest BCUT2D eigenvalue weighted by Crippen LogP contribution is -2.41. The first kappa shape index (κ1) is 25.6. The number of hydrogen-bond donors (Lipinski definition) is 0. The molecule has 1 amide bonds. The summed E-state index contributed by atoms with van der Waals surface area (Å²) in [4.78, 5) is 29.8. The summed E-state index contributed by atoms with van der Waals surface area (Å²) in [5.74, 6) is -0.465. The number of carbonyl (C=O) groups excluding carboxylic acids is 2. The van der Waals surface area contributed by atoms with Crippen molar-refractivity contribution in [3.63, 3.8) is 0 Å². The van der Waals surface area contributed by atoms with Crippen LogP contribution < -0.4 is 4.74 Å². The number of amides is 1. The summed E-state index contributed by atoms with van der Waals surface area (Å²) in [6.07, 6.45) is 0.00944. The molecule has 0 radical (unpaired) electrons. The molecule has 0 N–H and O–H groups in total. The van der Waals surface area contributed by atoms with Crippen LogP contribution in [-0.2, 0) is 30.8 Å². The van der Waals surface area contributed by atoms with Gasteiger partial charge in [-0.15, -0.1) is 4.36 Å². The summed E-state index contributed by atoms with van der Waals surface area (Å²) in [7, 11) is -2.41. The van der Waals surface area contributed by atoms with E-state index in [-0.39, 0.29) is 23.9 Å². The molecule has 0 spiro atoms. The molecule has 2 heterocycles. The van der Waals surface area contributed by atoms with Crippen molar-refractivity contribution in [3.05, 3.63) is 53.7 Å². The largest absolute Gasteiger partial charge is 0.472 e. The molecule has 0 aliphatic carbocycles. The lowest BCUT2D eigenvalue weighted by Gasteiger charge is -2.27. The highest BCUT2D eigenvalue weighted by Gasteiger charge is 2.41. The van der Waals surface area contributed by atoms with Crippen LogP contribution >= 0.6 is 0 Å². The van der Waals surface area contributed by atoms with Crippen LogP contribution in [0.5, 0.6) is 5.88 Å². The zero-order valence-corrected chi connectivity index (χ0v) is 21.0. The van der Waals surface area contributed by atoms with Gasteiger partial charge in [-0.1, -0.05) is 30.3 Å². The second kappa shape index (κ2) is 10.5. The van der Waals surface area contributed by atoms with Gasteiger partial charge in [0.2, 0.25) is 5.88 Å². The predicted octanol–water partition coefficient (Wildman–Crippen LogP) is 4.28. The van der Waals surface area contributed by atoms with E-state index in [1.165, 1.54) is 11.4 Å². The Labute approximate surface area is 200 Å². The summed E-state index contributed by atoms with van der Waals surface area (Å²) in [6.45, 7) is 7.30. The fraction of sp³-hybridized carbons (Fsp3) is 0.458. The Morgan fingerprint density at radius 1 is 1.18 bits per heavy atom. The van der Waals surface area contributed by atoms with Crippen molar-refractivity contribution in [2.24, 2.45) is 4.36 Å². The molecule has 2 aromatic rings. The Bertz CT molecular complexity index is 1150. The zero-order chi connectivity index (χ0) is 24.9. The van der Waals surface area contributed by atoms with E-state index in [1.807, 2.05) is 30.3 Å². The van der Waals surface area contributed by atoms with Crippen molar-refractivity contribution in [1.29, 1.82) is 0 Å². The van der Waals surface area contributed by atoms with Gasteiger partial charge >= 0.3 is 12.1 Å². The fourth-order valence-corrected chi connectivity index (χ4v) is 5.75. The Kier molecular flexibility index (Phi) is 7.93. The van der Waals surface area contributed by atoms with E-state index >= 15 is 0 Å². The Balaban J connectivity index is 2.12. The van der Waals surface area contributed by atoms with Crippen LogP contribution in [0.15, 0.2) is 51.7 Å². The number of aryl methyl sites for hydroxylation is 1. The van der Waals surface area contributed by atoms with Crippen LogP contribution in [0.3, 0.4) is 0 Å². The highest BCUT2D eigenvalue weighted by molar-refractivity contribution is 7.91. The topological polar surface area (TPSA) is 107 Å². The highest BCUT2D eigenvalue weighted by Crippen LogP contribution is 2.34. The average Bonchev–Trinajstić information content (AvgIpc) is 3.27. The van der Waals surface area contributed by atoms with Gasteiger partial charge in [-0.05, 0) is 58.2 Å². The molecular formula is C24H31N3O6S. The lowest BCUT2D eigenvalue weighted by atomic mass is 10.2. The van der Waals surface area contributed by atoms with E-state index < -0.39 is 33.6 Å². The van der Waals surface area contributed by atoms with Crippen molar-refractivity contribution in [2.75, 3.05) is 13.7 Å². The molecule has 0 saturated carbocycles. The second-order valence-electron chi connectivity index (χ2n) is 8.92. The molecule has 34 heavy (non-hydrogen) atoms. The normalized spacial score (nSPS) is 18.1. The number of ether oxygens (including phenoxy) is 3. The minimum absolute atomic E-state index is 0.0803. The van der Waals surface area contributed by atoms with Crippen molar-refractivity contribution in [1.82, 2.24) is 9.29 Å². The van der Waals surface area contributed by atoms with Crippen molar-refractivity contribution >= 4 is 22.0 Å². The van der Waals surface area contributed by atoms with Gasteiger partial charge in [0, 0.05) is 12.2 Å². The van der Waals surface area contributed by atoms with Gasteiger partial charge in [-0.2, -0.15) is 4.31 Å². The maximum absolute atomic E-state index is 14.6. The summed E-state index contributed by atoms with van der Waals surface area (Å²) >= 11 is 0. The van der Waals surface area contributed by atoms with Crippen LogP contribution in [0.1, 0.15) is 44.9 Å². The van der Waals surface area contributed by atoms with Crippen molar-refractivity contribution in [2.45, 2.75) is 63.7 Å². The lowest BCUT2D eigenvalue weighted by molar-refractivity contribution is -0.144. The summed E-state index contributed by atoms with van der Waals surface area (Å²) in [6, 6.07) is 11.9. The van der Waals surface area contributed by atoms with Gasteiger partial charge in [0.1, 0.15) is 23.1 Å². The van der Waals surface area contributed by atoms with Gasteiger partial charge in [0.05, 0.1) is 7.11 Å². The van der Waals surface area contributed by atoms with Gasteiger partial charge in [-0.25, -0.2) is 14.0 Å². The Hall–Kier alpha value is -2.98. The minimum Gasteiger partial charge on any atom is -0.472 e. The van der Waals surface area contributed by atoms with Crippen LogP contribution in [0.4, 0.5) is 4.79 Å². The molecular weight excluding hydrogens is 458 g/mol. The molecule has 0 bridgehead atoms. The molecule has 9 nitrogen and oxygen atoms in total. The Morgan fingerprint density at radius 2 is 1.88 bits per heavy atom. The van der Waals surface area contributed by atoms with E-state index in [2.05, 4.69) is 9.35 Å². The number of benzene rings is 1. The highest BCUT2D eigenvalue weighted by atomic mass is 32.2. The van der Waals surface area contributed by atoms with Crippen molar-refractivity contribution < 1.29 is 28.0 Å². The van der Waals surface area contributed by atoms with Gasteiger partial charge in [-0.3, -0.25) is 4.79 Å². The first-order valence-electron chi connectivity index (χ1n) is 11.0. The number of rotatable bonds is 6. The first-order chi connectivity index (χ1) is 16.0. The SMILES string of the molecule is COC(=O)[C@@H]1CCCN1[S@](=O)(=NC(=O)OC(C)(C)C)c1ccc(C)nc1OCc1ccccc1. The number of methoxy groups -OCH3 is 1.